The van der Waals surface area contributed by atoms with Gasteiger partial charge in [-0.1, -0.05) is 41.6 Å². The van der Waals surface area contributed by atoms with E-state index in [1.165, 1.54) is 18.5 Å². The van der Waals surface area contributed by atoms with Gasteiger partial charge in [0.25, 0.3) is 0 Å². The van der Waals surface area contributed by atoms with Crippen molar-refractivity contribution >= 4 is 57.1 Å². The van der Waals surface area contributed by atoms with Crippen molar-refractivity contribution in [3.63, 3.8) is 0 Å². The van der Waals surface area contributed by atoms with Gasteiger partial charge in [0.05, 0.1) is 34.5 Å². The molecule has 2 fully saturated rings. The highest BCUT2D eigenvalue weighted by molar-refractivity contribution is 6.42. The van der Waals surface area contributed by atoms with Gasteiger partial charge >= 0.3 is 0 Å². The molecule has 0 radical (unpaired) electrons. The van der Waals surface area contributed by atoms with Crippen LogP contribution in [0.3, 0.4) is 0 Å². The lowest BCUT2D eigenvalue weighted by molar-refractivity contribution is -0.112. The van der Waals surface area contributed by atoms with Crippen molar-refractivity contribution in [2.75, 3.05) is 18.5 Å². The van der Waals surface area contributed by atoms with Crippen molar-refractivity contribution in [1.82, 2.24) is 9.97 Å². The topological polar surface area (TPSA) is 90.1 Å². The molecule has 2 atom stereocenters. The third-order valence-corrected chi connectivity index (χ3v) is 6.79. The average Bonchev–Trinajstić information content (AvgIpc) is 3.22. The lowest BCUT2D eigenvalue weighted by Crippen LogP contribution is -2.13. The zero-order chi connectivity index (χ0) is 23.3. The van der Waals surface area contributed by atoms with E-state index in [9.17, 15) is 9.18 Å². The number of nitrogens with one attached hydrogen (secondary N) is 1. The average molecular weight is 483 g/mol. The number of fused-ring (bicyclic) bond motifs is 2. The number of carbonyl (C=O) groups is 1. The second-order valence-corrected chi connectivity index (χ2v) is 8.77. The smallest absolute Gasteiger partial charge is 0.248 e. The molecule has 2 unspecified atom stereocenters. The first-order valence-electron chi connectivity index (χ1n) is 10.1. The summed E-state index contributed by atoms with van der Waals surface area (Å²) < 4.78 is 20.0. The number of hydrogen-bond acceptors (Lipinski definition) is 5. The predicted octanol–water partition coefficient (Wildman–Crippen LogP) is 4.56. The van der Waals surface area contributed by atoms with Gasteiger partial charge in [0.2, 0.25) is 5.91 Å². The molecule has 33 heavy (non-hydrogen) atoms. The molecule has 6 nitrogen and oxygen atoms in total. The van der Waals surface area contributed by atoms with E-state index in [4.69, 9.17) is 33.7 Å². The van der Waals surface area contributed by atoms with Crippen LogP contribution >= 0.6 is 23.2 Å². The molecule has 2 aromatic carbocycles. The Morgan fingerprint density at radius 3 is 2.73 bits per heavy atom. The van der Waals surface area contributed by atoms with Gasteiger partial charge in [0, 0.05) is 39.8 Å². The minimum absolute atomic E-state index is 0.0889. The molecule has 9 heteroatoms. The molecular formula is C24H17Cl2FN4O2. The molecule has 1 aromatic heterocycles. The van der Waals surface area contributed by atoms with Crippen LogP contribution in [0, 0.1) is 35.4 Å². The van der Waals surface area contributed by atoms with Crippen LogP contribution < -0.4 is 11.1 Å². The van der Waals surface area contributed by atoms with Gasteiger partial charge in [-0.25, -0.2) is 14.4 Å². The highest BCUT2D eigenvalue weighted by atomic mass is 35.5. The Morgan fingerprint density at radius 1 is 1.24 bits per heavy atom. The molecule has 2 aliphatic rings. The quantitative estimate of drug-likeness (QED) is 0.323. The van der Waals surface area contributed by atoms with Crippen molar-refractivity contribution in [3.05, 3.63) is 64.2 Å². The SMILES string of the molecule is C=C(C(N)=O)c1cc2c(Nc3ccc(Cl)c(Cl)c3F)ncnc2cc1C#CC1C2COCC12. The number of carbonyl (C=O) groups excluding carboxylic acids is 1. The Bertz CT molecular complexity index is 1390. The summed E-state index contributed by atoms with van der Waals surface area (Å²) in [7, 11) is 0. The Balaban J connectivity index is 1.58. The molecule has 3 N–H and O–H groups in total. The maximum absolute atomic E-state index is 14.6. The minimum Gasteiger partial charge on any atom is -0.381 e. The number of primary amides is 1. The monoisotopic (exact) mass is 482 g/mol. The van der Waals surface area contributed by atoms with Crippen LogP contribution in [0.15, 0.2) is 37.2 Å². The predicted molar refractivity (Wildman–Crippen MR) is 126 cm³/mol. The van der Waals surface area contributed by atoms with E-state index < -0.39 is 11.7 Å². The summed E-state index contributed by atoms with van der Waals surface area (Å²) in [6, 6.07) is 6.36. The lowest BCUT2D eigenvalue weighted by atomic mass is 9.97. The minimum atomic E-state index is -0.709. The normalized spacial score (nSPS) is 20.6. The maximum Gasteiger partial charge on any atom is 0.248 e. The van der Waals surface area contributed by atoms with Crippen molar-refractivity contribution in [2.45, 2.75) is 0 Å². The van der Waals surface area contributed by atoms with E-state index in [1.54, 1.807) is 12.1 Å². The van der Waals surface area contributed by atoms with Crippen LogP contribution in [0.5, 0.6) is 0 Å². The second-order valence-electron chi connectivity index (χ2n) is 7.99. The molecular weight excluding hydrogens is 466 g/mol. The van der Waals surface area contributed by atoms with Gasteiger partial charge in [-0.3, -0.25) is 4.79 Å². The number of halogens is 3. The van der Waals surface area contributed by atoms with Gasteiger partial charge in [0.1, 0.15) is 12.1 Å². The highest BCUT2D eigenvalue weighted by Crippen LogP contribution is 2.50. The summed E-state index contributed by atoms with van der Waals surface area (Å²) in [4.78, 5) is 20.5. The Morgan fingerprint density at radius 2 is 2.00 bits per heavy atom. The van der Waals surface area contributed by atoms with E-state index in [2.05, 4.69) is 33.7 Å². The maximum atomic E-state index is 14.6. The van der Waals surface area contributed by atoms with Crippen LogP contribution in [0.25, 0.3) is 16.5 Å². The number of anilines is 2. The number of hydrogen-bond donors (Lipinski definition) is 2. The third kappa shape index (κ3) is 3.91. The number of nitrogens with two attached hydrogens (primary N) is 1. The van der Waals surface area contributed by atoms with Gasteiger partial charge < -0.3 is 15.8 Å². The van der Waals surface area contributed by atoms with Crippen LogP contribution in [-0.2, 0) is 9.53 Å². The van der Waals surface area contributed by atoms with Crippen LogP contribution in [0.4, 0.5) is 15.9 Å². The van der Waals surface area contributed by atoms with E-state index in [-0.39, 0.29) is 27.2 Å². The number of ether oxygens (including phenoxy) is 1. The molecule has 0 spiro atoms. The van der Waals surface area contributed by atoms with E-state index in [1.807, 2.05) is 0 Å². The number of benzene rings is 2. The van der Waals surface area contributed by atoms with Crippen LogP contribution in [-0.4, -0.2) is 29.1 Å². The molecule has 2 heterocycles. The first-order chi connectivity index (χ1) is 15.8. The standard InChI is InChI=1S/C24H17Cl2FN4O2/c1-11(23(28)32)14-7-15-20(6-12(14)2-3-13-16-8-33-9-17(13)16)29-10-30-24(15)31-19-5-4-18(25)21(26)22(19)27/h4-7,10,13,16-17H,1,8-9H2,(H2,28,32)(H,29,30,31). The second kappa shape index (κ2) is 8.31. The first-order valence-corrected chi connectivity index (χ1v) is 10.9. The summed E-state index contributed by atoms with van der Waals surface area (Å²) in [5.41, 5.74) is 7.31. The van der Waals surface area contributed by atoms with E-state index in [0.717, 1.165) is 13.2 Å². The molecule has 1 saturated heterocycles. The first kappa shape index (κ1) is 21.7. The number of aromatic nitrogens is 2. The summed E-state index contributed by atoms with van der Waals surface area (Å²) in [6.07, 6.45) is 1.35. The third-order valence-electron chi connectivity index (χ3n) is 6.01. The van der Waals surface area contributed by atoms with E-state index >= 15 is 0 Å². The largest absolute Gasteiger partial charge is 0.381 e. The molecule has 5 rings (SSSR count). The van der Waals surface area contributed by atoms with Gasteiger partial charge in [-0.15, -0.1) is 0 Å². The van der Waals surface area contributed by atoms with Crippen LogP contribution in [0.1, 0.15) is 11.1 Å². The van der Waals surface area contributed by atoms with Crippen molar-refractivity contribution < 1.29 is 13.9 Å². The highest BCUT2D eigenvalue weighted by Gasteiger charge is 2.53. The Kier molecular flexibility index (Phi) is 5.45. The molecule has 3 aromatic rings. The summed E-state index contributed by atoms with van der Waals surface area (Å²) >= 11 is 11.8. The molecule has 166 valence electrons. The fourth-order valence-corrected chi connectivity index (χ4v) is 4.36. The van der Waals surface area contributed by atoms with Crippen molar-refractivity contribution in [3.8, 4) is 11.8 Å². The van der Waals surface area contributed by atoms with Crippen molar-refractivity contribution in [1.29, 1.82) is 0 Å². The molecule has 1 aliphatic heterocycles. The van der Waals surface area contributed by atoms with Gasteiger partial charge in [-0.05, 0) is 24.3 Å². The Hall–Kier alpha value is -3.18. The van der Waals surface area contributed by atoms with Gasteiger partial charge in [0.15, 0.2) is 5.82 Å². The molecule has 1 saturated carbocycles. The number of nitrogens with zero attached hydrogens (tertiary/aromatic N) is 2. The number of rotatable bonds is 4. The summed E-state index contributed by atoms with van der Waals surface area (Å²) in [5, 5.41) is 3.35. The van der Waals surface area contributed by atoms with E-state index in [0.29, 0.717) is 39.7 Å². The lowest BCUT2D eigenvalue weighted by Gasteiger charge is -2.13. The zero-order valence-electron chi connectivity index (χ0n) is 17.2. The summed E-state index contributed by atoms with van der Waals surface area (Å²) in [6.45, 7) is 5.29. The molecule has 1 aliphatic carbocycles. The summed E-state index contributed by atoms with van der Waals surface area (Å²) in [5.74, 6) is 6.62. The molecule has 0 bridgehead atoms. The Labute approximate surface area is 198 Å². The zero-order valence-corrected chi connectivity index (χ0v) is 18.7. The van der Waals surface area contributed by atoms with Crippen molar-refractivity contribution in [2.24, 2.45) is 23.5 Å². The fraction of sp³-hybridized carbons (Fsp3) is 0.208. The van der Waals surface area contributed by atoms with Crippen LogP contribution in [0.2, 0.25) is 10.0 Å². The molecule has 1 amide bonds. The fourth-order valence-electron chi connectivity index (χ4n) is 4.05. The number of amides is 1. The van der Waals surface area contributed by atoms with Gasteiger partial charge in [-0.2, -0.15) is 0 Å².